The van der Waals surface area contributed by atoms with Crippen LogP contribution < -0.4 is 10.1 Å². The summed E-state index contributed by atoms with van der Waals surface area (Å²) in [5.74, 6) is -0.0339. The van der Waals surface area contributed by atoms with E-state index in [1.165, 1.54) is 19.2 Å². The van der Waals surface area contributed by atoms with E-state index in [0.29, 0.717) is 33.4 Å². The summed E-state index contributed by atoms with van der Waals surface area (Å²) in [4.78, 5) is 24.1. The number of carbonyl (C=O) groups excluding carboxylic acids is 2. The highest BCUT2D eigenvalue weighted by molar-refractivity contribution is 9.11. The lowest BCUT2D eigenvalue weighted by Gasteiger charge is -2.13. The molecule has 0 radical (unpaired) electrons. The average Bonchev–Trinajstić information content (AvgIpc) is 2.78. The molecule has 1 amide bonds. The molecule has 0 atom stereocenters. The summed E-state index contributed by atoms with van der Waals surface area (Å²) in [7, 11) is 1.34. The minimum atomic E-state index is -0.393. The number of rotatable bonds is 8. The molecule has 0 aliphatic heterocycles. The molecule has 3 aromatic carbocycles. The number of amides is 1. The Labute approximate surface area is 202 Å². The monoisotopic (exact) mass is 561 g/mol. The number of phenolic OH excluding ortho intramolecular Hbond substituents is 1. The molecule has 166 valence electrons. The maximum Gasteiger partial charge on any atom is 0.309 e. The van der Waals surface area contributed by atoms with Gasteiger partial charge in [-0.1, -0.05) is 30.3 Å². The number of benzene rings is 3. The molecule has 0 aliphatic carbocycles. The third-order valence-electron chi connectivity index (χ3n) is 4.61. The van der Waals surface area contributed by atoms with Gasteiger partial charge in [0.1, 0.15) is 11.5 Å². The van der Waals surface area contributed by atoms with E-state index in [4.69, 9.17) is 9.47 Å². The molecule has 0 spiro atoms. The first-order valence-corrected chi connectivity index (χ1v) is 11.3. The van der Waals surface area contributed by atoms with Gasteiger partial charge < -0.3 is 19.9 Å². The zero-order valence-electron chi connectivity index (χ0n) is 17.2. The lowest BCUT2D eigenvalue weighted by molar-refractivity contribution is -0.139. The van der Waals surface area contributed by atoms with Crippen molar-refractivity contribution in [1.82, 2.24) is 5.32 Å². The second-order valence-corrected chi connectivity index (χ2v) is 8.62. The highest BCUT2D eigenvalue weighted by Gasteiger charge is 2.16. The van der Waals surface area contributed by atoms with Crippen molar-refractivity contribution in [1.29, 1.82) is 0 Å². The molecular weight excluding hydrogens is 542 g/mol. The number of hydrogen-bond donors (Lipinski definition) is 2. The predicted molar refractivity (Wildman–Crippen MR) is 128 cm³/mol. The van der Waals surface area contributed by atoms with Crippen molar-refractivity contribution in [2.24, 2.45) is 0 Å². The van der Waals surface area contributed by atoms with Crippen LogP contribution in [0, 0.1) is 0 Å². The molecule has 0 unspecified atom stereocenters. The molecule has 0 bridgehead atoms. The first kappa shape index (κ1) is 23.8. The van der Waals surface area contributed by atoms with Gasteiger partial charge in [-0.05, 0) is 79.7 Å². The van der Waals surface area contributed by atoms with Crippen LogP contribution in [0.15, 0.2) is 69.6 Å². The van der Waals surface area contributed by atoms with Gasteiger partial charge >= 0.3 is 5.97 Å². The molecule has 3 rings (SSSR count). The molecule has 6 nitrogen and oxygen atoms in total. The Bertz CT molecular complexity index is 1100. The van der Waals surface area contributed by atoms with E-state index in [2.05, 4.69) is 37.2 Å². The van der Waals surface area contributed by atoms with Crippen LogP contribution in [0.4, 0.5) is 0 Å². The van der Waals surface area contributed by atoms with Crippen molar-refractivity contribution in [3.8, 4) is 17.2 Å². The quantitative estimate of drug-likeness (QED) is 0.359. The van der Waals surface area contributed by atoms with Gasteiger partial charge in [0, 0.05) is 6.54 Å². The molecule has 3 aromatic rings. The molecule has 0 aliphatic rings. The number of hydrogen-bond acceptors (Lipinski definition) is 5. The Hall–Kier alpha value is -2.84. The number of aromatic hydroxyl groups is 1. The predicted octanol–water partition coefficient (Wildman–Crippen LogP) is 5.40. The van der Waals surface area contributed by atoms with Crippen molar-refractivity contribution in [3.63, 3.8) is 0 Å². The van der Waals surface area contributed by atoms with Gasteiger partial charge in [0.25, 0.3) is 5.91 Å². The van der Waals surface area contributed by atoms with Gasteiger partial charge in [-0.2, -0.15) is 0 Å². The summed E-state index contributed by atoms with van der Waals surface area (Å²) in [6.07, 6.45) is 0.807. The van der Waals surface area contributed by atoms with E-state index in [1.807, 2.05) is 30.3 Å². The number of methoxy groups -OCH3 is 1. The van der Waals surface area contributed by atoms with E-state index >= 15 is 0 Å². The van der Waals surface area contributed by atoms with Crippen molar-refractivity contribution >= 4 is 43.7 Å². The molecule has 0 heterocycles. The van der Waals surface area contributed by atoms with Crippen LogP contribution in [-0.4, -0.2) is 30.6 Å². The van der Waals surface area contributed by atoms with Gasteiger partial charge in [-0.3, -0.25) is 9.59 Å². The maximum absolute atomic E-state index is 12.6. The Balaban J connectivity index is 1.71. The smallest absolute Gasteiger partial charge is 0.309 e. The van der Waals surface area contributed by atoms with E-state index < -0.39 is 5.91 Å². The summed E-state index contributed by atoms with van der Waals surface area (Å²) in [6, 6.07) is 17.8. The Morgan fingerprint density at radius 2 is 1.66 bits per heavy atom. The standard InChI is InChI=1S/C24H21Br2NO5/c1-31-22(29)13-16-11-19(25)23(20(26)12-16)32-17-7-8-21(28)18(14-17)24(30)27-10-9-15-5-3-2-4-6-15/h2-8,11-12,14,28H,9-10,13H2,1H3,(H,27,30). The largest absolute Gasteiger partial charge is 0.507 e. The van der Waals surface area contributed by atoms with E-state index in [9.17, 15) is 14.7 Å². The molecule has 0 saturated carbocycles. The van der Waals surface area contributed by atoms with Crippen LogP contribution in [0.25, 0.3) is 0 Å². The van der Waals surface area contributed by atoms with Gasteiger partial charge in [0.2, 0.25) is 0 Å². The van der Waals surface area contributed by atoms with E-state index in [-0.39, 0.29) is 23.7 Å². The van der Waals surface area contributed by atoms with Crippen LogP contribution >= 0.6 is 31.9 Å². The topological polar surface area (TPSA) is 84.9 Å². The van der Waals surface area contributed by atoms with Crippen molar-refractivity contribution in [2.45, 2.75) is 12.8 Å². The van der Waals surface area contributed by atoms with E-state index in [1.54, 1.807) is 18.2 Å². The zero-order valence-corrected chi connectivity index (χ0v) is 20.4. The van der Waals surface area contributed by atoms with Crippen LogP contribution in [0.3, 0.4) is 0 Å². The second-order valence-electron chi connectivity index (χ2n) is 6.91. The van der Waals surface area contributed by atoms with Crippen LogP contribution in [0.5, 0.6) is 17.2 Å². The SMILES string of the molecule is COC(=O)Cc1cc(Br)c(Oc2ccc(O)c(C(=O)NCCc3ccccc3)c2)c(Br)c1. The maximum atomic E-state index is 12.6. The van der Waals surface area contributed by atoms with Gasteiger partial charge in [0.05, 0.1) is 28.0 Å². The van der Waals surface area contributed by atoms with Gasteiger partial charge in [0.15, 0.2) is 5.75 Å². The summed E-state index contributed by atoms with van der Waals surface area (Å²) in [5.41, 5.74) is 1.97. The summed E-state index contributed by atoms with van der Waals surface area (Å²) < 4.78 is 11.9. The summed E-state index contributed by atoms with van der Waals surface area (Å²) in [5, 5.41) is 13.0. The molecule has 0 aromatic heterocycles. The van der Waals surface area contributed by atoms with Crippen LogP contribution in [-0.2, 0) is 22.4 Å². The molecule has 32 heavy (non-hydrogen) atoms. The van der Waals surface area contributed by atoms with Crippen LogP contribution in [0.2, 0.25) is 0 Å². The fourth-order valence-corrected chi connectivity index (χ4v) is 4.43. The lowest BCUT2D eigenvalue weighted by Crippen LogP contribution is -2.25. The number of halogens is 2. The minimum Gasteiger partial charge on any atom is -0.507 e. The Morgan fingerprint density at radius 3 is 2.31 bits per heavy atom. The Kier molecular flexibility index (Phi) is 8.30. The van der Waals surface area contributed by atoms with Crippen molar-refractivity contribution in [3.05, 3.63) is 86.3 Å². The fourth-order valence-electron chi connectivity index (χ4n) is 2.99. The number of esters is 1. The van der Waals surface area contributed by atoms with Gasteiger partial charge in [-0.25, -0.2) is 0 Å². The number of ether oxygens (including phenoxy) is 2. The Morgan fingerprint density at radius 1 is 0.969 bits per heavy atom. The number of nitrogens with one attached hydrogen (secondary N) is 1. The average molecular weight is 563 g/mol. The number of carbonyl (C=O) groups is 2. The fraction of sp³-hybridized carbons (Fsp3) is 0.167. The third kappa shape index (κ3) is 6.34. The second kappa shape index (κ2) is 11.2. The molecule has 8 heteroatoms. The zero-order chi connectivity index (χ0) is 23.1. The first-order chi connectivity index (χ1) is 15.4. The van der Waals surface area contributed by atoms with Crippen LogP contribution in [0.1, 0.15) is 21.5 Å². The molecule has 0 saturated heterocycles. The van der Waals surface area contributed by atoms with Crippen molar-refractivity contribution in [2.75, 3.05) is 13.7 Å². The molecule has 0 fully saturated rings. The van der Waals surface area contributed by atoms with Gasteiger partial charge in [-0.15, -0.1) is 0 Å². The molecular formula is C24H21Br2NO5. The normalized spacial score (nSPS) is 10.5. The minimum absolute atomic E-state index is 0.116. The highest BCUT2D eigenvalue weighted by Crippen LogP contribution is 2.38. The first-order valence-electron chi connectivity index (χ1n) is 9.75. The summed E-state index contributed by atoms with van der Waals surface area (Å²) in [6.45, 7) is 0.437. The highest BCUT2D eigenvalue weighted by atomic mass is 79.9. The molecule has 2 N–H and O–H groups in total. The van der Waals surface area contributed by atoms with Crippen molar-refractivity contribution < 1.29 is 24.2 Å². The number of phenols is 1. The summed E-state index contributed by atoms with van der Waals surface area (Å²) >= 11 is 6.90. The third-order valence-corrected chi connectivity index (χ3v) is 5.79. The lowest BCUT2D eigenvalue weighted by atomic mass is 10.1. The van der Waals surface area contributed by atoms with E-state index in [0.717, 1.165) is 11.1 Å².